The summed E-state index contributed by atoms with van der Waals surface area (Å²) in [4.78, 5) is 24.1. The molecule has 2 aliphatic carbocycles. The molecule has 7 heteroatoms. The Morgan fingerprint density at radius 3 is 2.89 bits per heavy atom. The second-order valence-electron chi connectivity index (χ2n) is 8.43. The van der Waals surface area contributed by atoms with Crippen LogP contribution in [0.5, 0.6) is 0 Å². The molecule has 1 aliphatic heterocycles. The maximum Gasteiger partial charge on any atom is 0.230 e. The van der Waals surface area contributed by atoms with Crippen molar-refractivity contribution in [1.82, 2.24) is 20.4 Å². The molecule has 7 nitrogen and oxygen atoms in total. The fourth-order valence-corrected chi connectivity index (χ4v) is 4.08. The molecule has 2 aromatic heterocycles. The molecule has 0 radical (unpaired) electrons. The third-order valence-electron chi connectivity index (χ3n) is 6.28. The largest absolute Gasteiger partial charge is 0.356 e. The van der Waals surface area contributed by atoms with Gasteiger partial charge < -0.3 is 14.7 Å². The minimum atomic E-state index is 0.0122. The van der Waals surface area contributed by atoms with Crippen molar-refractivity contribution in [2.24, 2.45) is 11.8 Å². The van der Waals surface area contributed by atoms with E-state index < -0.39 is 0 Å². The Bertz CT molecular complexity index is 843. The number of carbonyl (C=O) groups is 1. The third kappa shape index (κ3) is 3.62. The summed E-state index contributed by atoms with van der Waals surface area (Å²) in [6.07, 6.45) is 9.71. The van der Waals surface area contributed by atoms with Crippen LogP contribution in [0.3, 0.4) is 0 Å². The highest BCUT2D eigenvalue weighted by Gasteiger charge is 2.31. The summed E-state index contributed by atoms with van der Waals surface area (Å²) in [6, 6.07) is 3.90. The number of nitrogens with zero attached hydrogens (tertiary/aromatic N) is 4. The van der Waals surface area contributed by atoms with E-state index in [9.17, 15) is 4.79 Å². The third-order valence-corrected chi connectivity index (χ3v) is 6.28. The van der Waals surface area contributed by atoms with E-state index in [4.69, 9.17) is 4.52 Å². The Balaban J connectivity index is 1.32. The number of nitrogens with one attached hydrogen (secondary N) is 1. The standard InChI is InChI=1S/C21H27N5O2/c27-20(23-12-14-8-9-14)16-6-3-11-26(13-16)19-17(7-2-10-22-19)18-24-21(28-25-18)15-4-1-5-15/h2,7,10,14-16H,1,3-6,8-9,11-13H2,(H,23,27)/t16-/m1/s1. The molecule has 3 heterocycles. The van der Waals surface area contributed by atoms with Crippen LogP contribution in [-0.2, 0) is 4.79 Å². The molecule has 28 heavy (non-hydrogen) atoms. The fraction of sp³-hybridized carbons (Fsp3) is 0.619. The first-order valence-electron chi connectivity index (χ1n) is 10.6. The van der Waals surface area contributed by atoms with Gasteiger partial charge in [0.15, 0.2) is 0 Å². The van der Waals surface area contributed by atoms with Crippen LogP contribution < -0.4 is 10.2 Å². The quantitative estimate of drug-likeness (QED) is 0.827. The first-order chi connectivity index (χ1) is 13.8. The molecule has 1 saturated heterocycles. The predicted octanol–water partition coefficient (Wildman–Crippen LogP) is 3.14. The SMILES string of the molecule is O=C(NCC1CC1)[C@@H]1CCCN(c2ncccc2-c2noc(C3CCC3)n2)C1. The maximum absolute atomic E-state index is 12.6. The molecule has 5 rings (SSSR count). The monoisotopic (exact) mass is 381 g/mol. The van der Waals surface area contributed by atoms with Crippen LogP contribution in [0.15, 0.2) is 22.9 Å². The van der Waals surface area contributed by atoms with Gasteiger partial charge in [-0.3, -0.25) is 4.79 Å². The Kier molecular flexibility index (Phi) is 4.74. The number of aromatic nitrogens is 3. The number of hydrogen-bond acceptors (Lipinski definition) is 6. The number of amides is 1. The lowest BCUT2D eigenvalue weighted by molar-refractivity contribution is -0.125. The molecule has 0 unspecified atom stereocenters. The van der Waals surface area contributed by atoms with Gasteiger partial charge >= 0.3 is 0 Å². The van der Waals surface area contributed by atoms with Gasteiger partial charge in [-0.1, -0.05) is 11.6 Å². The van der Waals surface area contributed by atoms with Crippen LogP contribution in [0.25, 0.3) is 11.4 Å². The summed E-state index contributed by atoms with van der Waals surface area (Å²) < 4.78 is 5.51. The molecule has 1 N–H and O–H groups in total. The molecule has 0 bridgehead atoms. The fourth-order valence-electron chi connectivity index (χ4n) is 4.08. The lowest BCUT2D eigenvalue weighted by Crippen LogP contribution is -2.44. The molecule has 3 fully saturated rings. The Labute approximate surface area is 164 Å². The number of rotatable bonds is 6. The normalized spacial score (nSPS) is 22.7. The molecule has 1 amide bonds. The van der Waals surface area contributed by atoms with Crippen molar-refractivity contribution >= 4 is 11.7 Å². The van der Waals surface area contributed by atoms with Crippen molar-refractivity contribution < 1.29 is 9.32 Å². The van der Waals surface area contributed by atoms with Crippen molar-refractivity contribution in [3.8, 4) is 11.4 Å². The van der Waals surface area contributed by atoms with E-state index in [1.165, 1.54) is 19.3 Å². The summed E-state index contributed by atoms with van der Waals surface area (Å²) in [5.41, 5.74) is 0.885. The van der Waals surface area contributed by atoms with Crippen LogP contribution in [0, 0.1) is 11.8 Å². The van der Waals surface area contributed by atoms with Gasteiger partial charge in [0.2, 0.25) is 17.6 Å². The lowest BCUT2D eigenvalue weighted by Gasteiger charge is -2.33. The topological polar surface area (TPSA) is 84.2 Å². The van der Waals surface area contributed by atoms with E-state index in [-0.39, 0.29) is 11.8 Å². The highest BCUT2D eigenvalue weighted by atomic mass is 16.5. The molecule has 2 aromatic rings. The van der Waals surface area contributed by atoms with Gasteiger partial charge in [-0.15, -0.1) is 0 Å². The second kappa shape index (κ2) is 7.53. The summed E-state index contributed by atoms with van der Waals surface area (Å²) in [5, 5.41) is 7.36. The van der Waals surface area contributed by atoms with Gasteiger partial charge in [-0.2, -0.15) is 4.98 Å². The van der Waals surface area contributed by atoms with E-state index in [1.54, 1.807) is 6.20 Å². The number of hydrogen-bond donors (Lipinski definition) is 1. The van der Waals surface area contributed by atoms with Gasteiger partial charge in [0.1, 0.15) is 5.82 Å². The van der Waals surface area contributed by atoms with E-state index in [0.29, 0.717) is 24.2 Å². The van der Waals surface area contributed by atoms with E-state index in [2.05, 4.69) is 25.3 Å². The van der Waals surface area contributed by atoms with Gasteiger partial charge in [0, 0.05) is 31.7 Å². The van der Waals surface area contributed by atoms with Crippen molar-refractivity contribution in [2.75, 3.05) is 24.5 Å². The van der Waals surface area contributed by atoms with Crippen LogP contribution in [-0.4, -0.2) is 40.7 Å². The summed E-state index contributed by atoms with van der Waals surface area (Å²) in [6.45, 7) is 2.41. The minimum Gasteiger partial charge on any atom is -0.356 e. The first-order valence-corrected chi connectivity index (χ1v) is 10.6. The number of anilines is 1. The van der Waals surface area contributed by atoms with Gasteiger partial charge in [0.25, 0.3) is 0 Å². The Morgan fingerprint density at radius 2 is 2.11 bits per heavy atom. The van der Waals surface area contributed by atoms with Gasteiger partial charge in [0.05, 0.1) is 11.5 Å². The van der Waals surface area contributed by atoms with Gasteiger partial charge in [-0.05, 0) is 56.6 Å². The van der Waals surface area contributed by atoms with Crippen molar-refractivity contribution in [1.29, 1.82) is 0 Å². The Hall–Kier alpha value is -2.44. The molecule has 3 aliphatic rings. The second-order valence-corrected chi connectivity index (χ2v) is 8.43. The predicted molar refractivity (Wildman–Crippen MR) is 105 cm³/mol. The minimum absolute atomic E-state index is 0.0122. The van der Waals surface area contributed by atoms with E-state index in [0.717, 1.165) is 56.0 Å². The highest BCUT2D eigenvalue weighted by Crippen LogP contribution is 2.37. The molecule has 148 valence electrons. The van der Waals surface area contributed by atoms with E-state index in [1.807, 2.05) is 12.1 Å². The molecule has 0 spiro atoms. The molecular formula is C21H27N5O2. The molecule has 2 saturated carbocycles. The maximum atomic E-state index is 12.6. The zero-order valence-electron chi connectivity index (χ0n) is 16.1. The number of piperidine rings is 1. The zero-order chi connectivity index (χ0) is 18.9. The van der Waals surface area contributed by atoms with Crippen LogP contribution in [0.4, 0.5) is 5.82 Å². The van der Waals surface area contributed by atoms with E-state index >= 15 is 0 Å². The molecule has 1 atom stereocenters. The average molecular weight is 381 g/mol. The summed E-state index contributed by atoms with van der Waals surface area (Å²) in [7, 11) is 0. The average Bonchev–Trinajstić information content (AvgIpc) is 3.41. The van der Waals surface area contributed by atoms with Gasteiger partial charge in [-0.25, -0.2) is 4.98 Å². The smallest absolute Gasteiger partial charge is 0.230 e. The lowest BCUT2D eigenvalue weighted by atomic mass is 9.85. The highest BCUT2D eigenvalue weighted by molar-refractivity contribution is 5.80. The number of pyridine rings is 1. The van der Waals surface area contributed by atoms with Crippen LogP contribution in [0.2, 0.25) is 0 Å². The van der Waals surface area contributed by atoms with Crippen LogP contribution in [0.1, 0.15) is 56.8 Å². The van der Waals surface area contributed by atoms with Crippen molar-refractivity contribution in [2.45, 2.75) is 50.9 Å². The molecular weight excluding hydrogens is 354 g/mol. The summed E-state index contributed by atoms with van der Waals surface area (Å²) in [5.74, 6) is 3.50. The first kappa shape index (κ1) is 17.6. The Morgan fingerprint density at radius 1 is 1.21 bits per heavy atom. The van der Waals surface area contributed by atoms with Crippen LogP contribution >= 0.6 is 0 Å². The van der Waals surface area contributed by atoms with Crippen molar-refractivity contribution in [3.63, 3.8) is 0 Å². The van der Waals surface area contributed by atoms with Crippen molar-refractivity contribution in [3.05, 3.63) is 24.2 Å². The molecule has 0 aromatic carbocycles. The summed E-state index contributed by atoms with van der Waals surface area (Å²) >= 11 is 0. The zero-order valence-corrected chi connectivity index (χ0v) is 16.1. The number of carbonyl (C=O) groups excluding carboxylic acids is 1.